The summed E-state index contributed by atoms with van der Waals surface area (Å²) in [5, 5.41) is 8.38. The third-order valence-corrected chi connectivity index (χ3v) is 2.05. The topological polar surface area (TPSA) is 68.8 Å². The van der Waals surface area contributed by atoms with E-state index in [1.54, 1.807) is 0 Å². The molecule has 3 N–H and O–H groups in total. The third kappa shape index (κ3) is 20.3. The summed E-state index contributed by atoms with van der Waals surface area (Å²) in [4.78, 5) is 10.2. The Balaban J connectivity index is -0.000000240. The van der Waals surface area contributed by atoms with Gasteiger partial charge in [0.25, 0.3) is 0 Å². The molecule has 0 unspecified atom stereocenters. The second kappa shape index (κ2) is 16.6. The molecule has 0 amide bonds. The molecule has 0 radical (unpaired) electrons. The second-order valence-corrected chi connectivity index (χ2v) is 3.34. The van der Waals surface area contributed by atoms with Gasteiger partial charge in [-0.25, -0.2) is 0 Å². The molecule has 15 heavy (non-hydrogen) atoms. The maximum Gasteiger partial charge on any atom is 1.00 e. The maximum absolute atomic E-state index is 10.2. The van der Waals surface area contributed by atoms with Crippen molar-refractivity contribution in [1.82, 2.24) is 0 Å². The Bertz CT molecular complexity index is 154. The van der Waals surface area contributed by atoms with Gasteiger partial charge in [-0.2, -0.15) is 0 Å². The van der Waals surface area contributed by atoms with E-state index in [0.717, 1.165) is 19.3 Å². The van der Waals surface area contributed by atoms with Gasteiger partial charge in [-0.1, -0.05) is 31.8 Å². The molecule has 0 saturated heterocycles. The van der Waals surface area contributed by atoms with E-state index in [9.17, 15) is 4.79 Å². The summed E-state index contributed by atoms with van der Waals surface area (Å²) >= 11 is 0. The van der Waals surface area contributed by atoms with Crippen molar-refractivity contribution in [2.75, 3.05) is 0 Å². The van der Waals surface area contributed by atoms with Crippen LogP contribution in [0.1, 0.15) is 52.8 Å². The Hall–Kier alpha value is 0.170. The fourth-order valence-electron chi connectivity index (χ4n) is 1.27. The predicted molar refractivity (Wildman–Crippen MR) is 59.5 cm³/mol. The molecule has 0 aliphatic carbocycles. The van der Waals surface area contributed by atoms with Gasteiger partial charge in [-0.05, 0) is 19.3 Å². The van der Waals surface area contributed by atoms with E-state index in [-0.39, 0.29) is 36.5 Å². The largest absolute Gasteiger partial charge is 1.00 e. The van der Waals surface area contributed by atoms with Crippen LogP contribution in [0, 0.1) is 0 Å². The van der Waals surface area contributed by atoms with E-state index in [1.165, 1.54) is 25.7 Å². The number of carbonyl (C=O) groups is 1. The van der Waals surface area contributed by atoms with Crippen LogP contribution in [0.2, 0.25) is 0 Å². The summed E-state index contributed by atoms with van der Waals surface area (Å²) in [6.45, 7) is 3.66. The summed E-state index contributed by atoms with van der Waals surface area (Å²) in [5.41, 5.74) is 0. The minimum Gasteiger partial charge on any atom is -1.00 e. The van der Waals surface area contributed by atoms with E-state index in [4.69, 9.17) is 5.11 Å². The zero-order valence-electron chi connectivity index (χ0n) is 10.8. The van der Waals surface area contributed by atoms with Crippen molar-refractivity contribution in [2.45, 2.75) is 51.4 Å². The molecule has 0 heterocycles. The Morgan fingerprint density at radius 2 is 1.60 bits per heavy atom. The van der Waals surface area contributed by atoms with Crippen LogP contribution >= 0.6 is 0 Å². The first-order valence-corrected chi connectivity index (χ1v) is 5.10. The number of carboxylic acids is 1. The number of allylic oxidation sites excluding steroid dienone is 1. The smallest absolute Gasteiger partial charge is 1.00 e. The fraction of sp³-hybridized carbons (Fsp3) is 0.727. The van der Waals surface area contributed by atoms with Gasteiger partial charge in [-0.3, -0.25) is 4.79 Å². The predicted octanol–water partition coefficient (Wildman–Crippen LogP) is -0.330. The molecule has 0 aliphatic heterocycles. The van der Waals surface area contributed by atoms with E-state index < -0.39 is 5.97 Å². The molecule has 0 spiro atoms. The minimum absolute atomic E-state index is 0. The minimum atomic E-state index is -0.674. The number of hydrogen-bond donors (Lipinski definition) is 1. The quantitative estimate of drug-likeness (QED) is 0.332. The summed E-state index contributed by atoms with van der Waals surface area (Å²) in [6.07, 6.45) is 10.1. The summed E-state index contributed by atoms with van der Waals surface area (Å²) in [5.74, 6) is -0.674. The molecular formula is C11H23NaO3. The van der Waals surface area contributed by atoms with Gasteiger partial charge in [0.1, 0.15) is 0 Å². The van der Waals surface area contributed by atoms with Gasteiger partial charge < -0.3 is 12.0 Å². The first-order valence-electron chi connectivity index (χ1n) is 5.10. The van der Waals surface area contributed by atoms with Crippen LogP contribution in [-0.2, 0) is 4.79 Å². The van der Waals surface area contributed by atoms with E-state index >= 15 is 0 Å². The van der Waals surface area contributed by atoms with Gasteiger partial charge in [0, 0.05) is 6.42 Å². The van der Waals surface area contributed by atoms with Crippen LogP contribution in [0.5, 0.6) is 0 Å². The fourth-order valence-corrected chi connectivity index (χ4v) is 1.27. The molecule has 3 nitrogen and oxygen atoms in total. The first-order chi connectivity index (χ1) is 6.27. The number of hydrogen-bond acceptors (Lipinski definition) is 1. The molecule has 86 valence electrons. The van der Waals surface area contributed by atoms with Gasteiger partial charge >= 0.3 is 35.5 Å². The molecule has 0 rings (SSSR count). The normalized spacial score (nSPS) is 8.53. The summed E-state index contributed by atoms with van der Waals surface area (Å²) in [7, 11) is 0. The monoisotopic (exact) mass is 226 g/mol. The van der Waals surface area contributed by atoms with Crippen molar-refractivity contribution in [3.05, 3.63) is 12.7 Å². The van der Waals surface area contributed by atoms with Crippen molar-refractivity contribution < 1.29 is 46.4 Å². The Morgan fingerprint density at radius 3 is 2.07 bits per heavy atom. The number of aliphatic carboxylic acids is 1. The van der Waals surface area contributed by atoms with Crippen LogP contribution in [-0.4, -0.2) is 16.6 Å². The number of carboxylic acid groups (broad SMARTS) is 1. The van der Waals surface area contributed by atoms with Gasteiger partial charge in [-0.15, -0.1) is 6.58 Å². The number of unbranched alkanes of at least 4 members (excludes halogenated alkanes) is 6. The van der Waals surface area contributed by atoms with Crippen LogP contribution in [0.15, 0.2) is 12.7 Å². The zero-order valence-corrected chi connectivity index (χ0v) is 11.8. The third-order valence-electron chi connectivity index (χ3n) is 2.05. The summed E-state index contributed by atoms with van der Waals surface area (Å²) in [6, 6.07) is 0. The van der Waals surface area contributed by atoms with Gasteiger partial charge in [0.15, 0.2) is 0 Å². The molecule has 0 aliphatic rings. The van der Waals surface area contributed by atoms with Crippen molar-refractivity contribution in [1.29, 1.82) is 0 Å². The molecule has 0 aromatic carbocycles. The van der Waals surface area contributed by atoms with Crippen molar-refractivity contribution >= 4 is 5.97 Å². The molecule has 0 bridgehead atoms. The molecule has 0 fully saturated rings. The number of rotatable bonds is 9. The van der Waals surface area contributed by atoms with Crippen LogP contribution in [0.4, 0.5) is 0 Å². The maximum atomic E-state index is 10.2. The van der Waals surface area contributed by atoms with E-state index in [0.29, 0.717) is 6.42 Å². The second-order valence-electron chi connectivity index (χ2n) is 3.34. The molecule has 0 saturated carbocycles. The van der Waals surface area contributed by atoms with Crippen molar-refractivity contribution in [2.24, 2.45) is 0 Å². The van der Waals surface area contributed by atoms with E-state index in [1.807, 2.05) is 6.08 Å². The van der Waals surface area contributed by atoms with Gasteiger partial charge in [0.05, 0.1) is 0 Å². The van der Waals surface area contributed by atoms with Crippen LogP contribution in [0.3, 0.4) is 0 Å². The van der Waals surface area contributed by atoms with Crippen molar-refractivity contribution in [3.8, 4) is 0 Å². The molecule has 0 aromatic rings. The average Bonchev–Trinajstić information content (AvgIpc) is 2.09. The molecular weight excluding hydrogens is 203 g/mol. The summed E-state index contributed by atoms with van der Waals surface area (Å²) < 4.78 is 0. The Kier molecular flexibility index (Phi) is 22.8. The SMILES string of the molecule is C=CCCCCCCCCC(=O)O.O.[H-].[Na+]. The Morgan fingerprint density at radius 1 is 1.13 bits per heavy atom. The first kappa shape index (κ1) is 20.6. The molecule has 4 heteroatoms. The van der Waals surface area contributed by atoms with Crippen LogP contribution in [0.25, 0.3) is 0 Å². The van der Waals surface area contributed by atoms with Gasteiger partial charge in [0.2, 0.25) is 0 Å². The zero-order chi connectivity index (χ0) is 9.94. The molecule has 0 aromatic heterocycles. The van der Waals surface area contributed by atoms with Crippen LogP contribution < -0.4 is 29.6 Å². The standard InChI is InChI=1S/C11H20O2.Na.H2O.H/c1-2-3-4-5-6-7-8-9-10-11(12)13;;;/h2H,1,3-10H2,(H,12,13);;1H2;/q;+1;;-1. The molecule has 0 atom stereocenters. The van der Waals surface area contributed by atoms with Crippen molar-refractivity contribution in [3.63, 3.8) is 0 Å². The Labute approximate surface area is 116 Å². The average molecular weight is 226 g/mol. The van der Waals surface area contributed by atoms with E-state index in [2.05, 4.69) is 6.58 Å².